The Labute approximate surface area is 86.4 Å². The van der Waals surface area contributed by atoms with E-state index in [4.69, 9.17) is 4.74 Å². The van der Waals surface area contributed by atoms with Gasteiger partial charge in [0.1, 0.15) is 0 Å². The van der Waals surface area contributed by atoms with Crippen LogP contribution in [0.1, 0.15) is 40.5 Å². The van der Waals surface area contributed by atoms with Crippen LogP contribution < -0.4 is 0 Å². The van der Waals surface area contributed by atoms with Crippen molar-refractivity contribution in [1.82, 2.24) is 4.90 Å². The molecule has 2 atom stereocenters. The minimum Gasteiger partial charge on any atom is -0.447 e. The van der Waals surface area contributed by atoms with Gasteiger partial charge in [-0.1, -0.05) is 13.8 Å². The smallest absolute Gasteiger partial charge is 0.410 e. The number of carbonyl (C=O) groups excluding carboxylic acids is 1. The highest BCUT2D eigenvalue weighted by atomic mass is 16.6. The van der Waals surface area contributed by atoms with Crippen LogP contribution in [0, 0.1) is 5.92 Å². The summed E-state index contributed by atoms with van der Waals surface area (Å²) in [4.78, 5) is 13.6. The molecule has 1 heterocycles. The lowest BCUT2D eigenvalue weighted by atomic mass is 10.1. The van der Waals surface area contributed by atoms with E-state index in [0.29, 0.717) is 12.0 Å². The molecule has 3 nitrogen and oxygen atoms in total. The second-order valence-electron chi connectivity index (χ2n) is 4.49. The third-order valence-corrected chi connectivity index (χ3v) is 2.67. The van der Waals surface area contributed by atoms with Crippen molar-refractivity contribution in [2.45, 2.75) is 52.7 Å². The van der Waals surface area contributed by atoms with Crippen molar-refractivity contribution in [3.05, 3.63) is 0 Å². The molecular weight excluding hydrogens is 178 g/mol. The topological polar surface area (TPSA) is 29.5 Å². The first-order chi connectivity index (χ1) is 6.54. The minimum absolute atomic E-state index is 0.0177. The van der Waals surface area contributed by atoms with E-state index >= 15 is 0 Å². The molecule has 0 aromatic rings. The van der Waals surface area contributed by atoms with Gasteiger partial charge in [-0.05, 0) is 32.6 Å². The lowest BCUT2D eigenvalue weighted by Crippen LogP contribution is -2.36. The predicted molar refractivity (Wildman–Crippen MR) is 56.2 cm³/mol. The maximum atomic E-state index is 11.7. The van der Waals surface area contributed by atoms with Crippen LogP contribution in [0.5, 0.6) is 0 Å². The molecule has 1 aliphatic rings. The summed E-state index contributed by atoms with van der Waals surface area (Å²) in [5, 5.41) is 0. The Kier molecular flexibility index (Phi) is 3.78. The van der Waals surface area contributed by atoms with E-state index in [1.165, 1.54) is 0 Å². The van der Waals surface area contributed by atoms with Gasteiger partial charge in [0.15, 0.2) is 0 Å². The highest BCUT2D eigenvalue weighted by Gasteiger charge is 2.32. The summed E-state index contributed by atoms with van der Waals surface area (Å²) in [5.74, 6) is 0.611. The minimum atomic E-state index is -0.142. The molecular formula is C11H21NO2. The molecule has 0 aromatic heterocycles. The summed E-state index contributed by atoms with van der Waals surface area (Å²) in [6.07, 6.45) is 1.98. The van der Waals surface area contributed by atoms with Crippen LogP contribution in [0.2, 0.25) is 0 Å². The van der Waals surface area contributed by atoms with Gasteiger partial charge in [0.05, 0.1) is 6.10 Å². The highest BCUT2D eigenvalue weighted by Crippen LogP contribution is 2.25. The zero-order valence-electron chi connectivity index (χ0n) is 9.62. The molecule has 1 rings (SSSR count). The number of carbonyl (C=O) groups is 1. The number of likely N-dealkylation sites (tertiary alicyclic amines) is 1. The van der Waals surface area contributed by atoms with Crippen LogP contribution in [0.15, 0.2) is 0 Å². The zero-order chi connectivity index (χ0) is 10.7. The van der Waals surface area contributed by atoms with Gasteiger partial charge in [0.25, 0.3) is 0 Å². The molecule has 0 aliphatic carbocycles. The molecule has 0 radical (unpaired) electrons. The van der Waals surface area contributed by atoms with Crippen LogP contribution in [0.3, 0.4) is 0 Å². The molecule has 0 bridgehead atoms. The Bertz CT molecular complexity index is 203. The molecule has 0 N–H and O–H groups in total. The van der Waals surface area contributed by atoms with E-state index in [0.717, 1.165) is 19.4 Å². The third kappa shape index (κ3) is 2.63. The van der Waals surface area contributed by atoms with Crippen molar-refractivity contribution >= 4 is 6.09 Å². The van der Waals surface area contributed by atoms with Crippen molar-refractivity contribution in [2.24, 2.45) is 5.92 Å². The van der Waals surface area contributed by atoms with Crippen molar-refractivity contribution in [2.75, 3.05) is 6.54 Å². The highest BCUT2D eigenvalue weighted by molar-refractivity contribution is 5.68. The lowest BCUT2D eigenvalue weighted by molar-refractivity contribution is 0.0722. The fraction of sp³-hybridized carbons (Fsp3) is 0.909. The van der Waals surface area contributed by atoms with E-state index in [2.05, 4.69) is 13.8 Å². The number of amides is 1. The summed E-state index contributed by atoms with van der Waals surface area (Å²) in [7, 11) is 0. The largest absolute Gasteiger partial charge is 0.447 e. The Hall–Kier alpha value is -0.730. The number of ether oxygens (including phenoxy) is 1. The van der Waals surface area contributed by atoms with Crippen LogP contribution >= 0.6 is 0 Å². The Morgan fingerprint density at radius 1 is 1.57 bits per heavy atom. The first-order valence-corrected chi connectivity index (χ1v) is 5.51. The molecule has 3 heteroatoms. The fourth-order valence-corrected chi connectivity index (χ4v) is 2.03. The average Bonchev–Trinajstić information content (AvgIpc) is 2.45. The predicted octanol–water partition coefficient (Wildman–Crippen LogP) is 2.65. The van der Waals surface area contributed by atoms with E-state index in [9.17, 15) is 4.79 Å². The van der Waals surface area contributed by atoms with Gasteiger partial charge in [0.2, 0.25) is 0 Å². The Morgan fingerprint density at radius 2 is 2.21 bits per heavy atom. The molecule has 1 saturated heterocycles. The maximum absolute atomic E-state index is 11.7. The summed E-state index contributed by atoms with van der Waals surface area (Å²) in [6, 6.07) is 0.385. The van der Waals surface area contributed by atoms with E-state index in [1.807, 2.05) is 18.7 Å². The normalized spacial score (nSPS) is 27.1. The maximum Gasteiger partial charge on any atom is 0.410 e. The van der Waals surface area contributed by atoms with Gasteiger partial charge in [-0.2, -0.15) is 0 Å². The summed E-state index contributed by atoms with van der Waals surface area (Å²) < 4.78 is 5.20. The first kappa shape index (κ1) is 11.3. The molecule has 1 fully saturated rings. The van der Waals surface area contributed by atoms with Crippen LogP contribution in [0.4, 0.5) is 4.79 Å². The molecule has 0 saturated carbocycles. The summed E-state index contributed by atoms with van der Waals surface area (Å²) in [6.45, 7) is 8.93. The van der Waals surface area contributed by atoms with Crippen LogP contribution in [-0.2, 0) is 4.74 Å². The van der Waals surface area contributed by atoms with Gasteiger partial charge in [-0.25, -0.2) is 4.79 Å². The summed E-state index contributed by atoms with van der Waals surface area (Å²) in [5.41, 5.74) is 0. The third-order valence-electron chi connectivity index (χ3n) is 2.67. The van der Waals surface area contributed by atoms with Gasteiger partial charge < -0.3 is 9.64 Å². The average molecular weight is 199 g/mol. The molecule has 1 amide bonds. The second-order valence-corrected chi connectivity index (χ2v) is 4.49. The van der Waals surface area contributed by atoms with Gasteiger partial charge in [-0.3, -0.25) is 0 Å². The molecule has 14 heavy (non-hydrogen) atoms. The first-order valence-electron chi connectivity index (χ1n) is 5.51. The van der Waals surface area contributed by atoms with Crippen molar-refractivity contribution in [3.63, 3.8) is 0 Å². The molecule has 82 valence electrons. The molecule has 0 spiro atoms. The number of rotatable bonds is 2. The molecule has 2 unspecified atom stereocenters. The molecule has 1 aliphatic heterocycles. The van der Waals surface area contributed by atoms with E-state index < -0.39 is 0 Å². The van der Waals surface area contributed by atoms with Gasteiger partial charge >= 0.3 is 6.09 Å². The van der Waals surface area contributed by atoms with Gasteiger partial charge in [0, 0.05) is 12.6 Å². The molecule has 0 aromatic carbocycles. The SMILES string of the molecule is CCC1CC(C)CN1C(=O)OC(C)C. The number of nitrogens with zero attached hydrogens (tertiary/aromatic N) is 1. The Morgan fingerprint density at radius 3 is 2.71 bits per heavy atom. The van der Waals surface area contributed by atoms with Crippen molar-refractivity contribution in [1.29, 1.82) is 0 Å². The van der Waals surface area contributed by atoms with Crippen LogP contribution in [0.25, 0.3) is 0 Å². The number of hydrogen-bond acceptors (Lipinski definition) is 2. The van der Waals surface area contributed by atoms with Gasteiger partial charge in [-0.15, -0.1) is 0 Å². The lowest BCUT2D eigenvalue weighted by Gasteiger charge is -2.23. The standard InChI is InChI=1S/C11H21NO2/c1-5-10-6-9(4)7-12(10)11(13)14-8(2)3/h8-10H,5-7H2,1-4H3. The fourth-order valence-electron chi connectivity index (χ4n) is 2.03. The van der Waals surface area contributed by atoms with E-state index in [1.54, 1.807) is 0 Å². The quantitative estimate of drug-likeness (QED) is 0.684. The summed E-state index contributed by atoms with van der Waals surface area (Å²) >= 11 is 0. The van der Waals surface area contributed by atoms with Crippen molar-refractivity contribution < 1.29 is 9.53 Å². The van der Waals surface area contributed by atoms with E-state index in [-0.39, 0.29) is 12.2 Å². The monoisotopic (exact) mass is 199 g/mol. The Balaban J connectivity index is 2.53. The zero-order valence-corrected chi connectivity index (χ0v) is 9.62. The number of hydrogen-bond donors (Lipinski definition) is 0. The van der Waals surface area contributed by atoms with Crippen molar-refractivity contribution in [3.8, 4) is 0 Å². The van der Waals surface area contributed by atoms with Crippen LogP contribution in [-0.4, -0.2) is 29.7 Å². The second kappa shape index (κ2) is 4.67.